The van der Waals surface area contributed by atoms with E-state index in [9.17, 15) is 4.79 Å². The Hall–Kier alpha value is -1.35. The number of hydrogen-bond donors (Lipinski definition) is 3. The van der Waals surface area contributed by atoms with E-state index < -0.39 is 0 Å². The van der Waals surface area contributed by atoms with Crippen LogP contribution in [0.2, 0.25) is 0 Å². The van der Waals surface area contributed by atoms with Crippen LogP contribution in [0.3, 0.4) is 0 Å². The highest BCUT2D eigenvalue weighted by Crippen LogP contribution is 2.11. The Morgan fingerprint density at radius 3 is 2.24 bits per heavy atom. The summed E-state index contributed by atoms with van der Waals surface area (Å²) in [4.78, 5) is 18.5. The maximum absolute atomic E-state index is 11.8. The van der Waals surface area contributed by atoms with Gasteiger partial charge >= 0.3 is 0 Å². The van der Waals surface area contributed by atoms with Crippen LogP contribution in [0.15, 0.2) is 29.3 Å². The Morgan fingerprint density at radius 2 is 1.72 bits per heavy atom. The van der Waals surface area contributed by atoms with Crippen LogP contribution in [-0.2, 0) is 11.3 Å². The number of carbonyl (C=O) groups excluding carboxylic acids is 1. The number of benzene rings is 1. The van der Waals surface area contributed by atoms with Gasteiger partial charge in [0.1, 0.15) is 0 Å². The van der Waals surface area contributed by atoms with Crippen molar-refractivity contribution in [3.8, 4) is 0 Å². The van der Waals surface area contributed by atoms with Crippen LogP contribution in [0.25, 0.3) is 0 Å². The van der Waals surface area contributed by atoms with Crippen molar-refractivity contribution >= 4 is 41.5 Å². The molecule has 1 rings (SSSR count). The van der Waals surface area contributed by atoms with Crippen molar-refractivity contribution in [3.63, 3.8) is 0 Å². The molecule has 7 heteroatoms. The van der Waals surface area contributed by atoms with Gasteiger partial charge in [-0.2, -0.15) is 0 Å². The van der Waals surface area contributed by atoms with E-state index in [1.807, 2.05) is 38.1 Å². The molecule has 0 fully saturated rings. The van der Waals surface area contributed by atoms with Gasteiger partial charge < -0.3 is 20.9 Å². The summed E-state index contributed by atoms with van der Waals surface area (Å²) in [5, 5.41) is 9.73. The first-order chi connectivity index (χ1) is 13.4. The second-order valence-electron chi connectivity index (χ2n) is 7.48. The van der Waals surface area contributed by atoms with Crippen LogP contribution in [0.5, 0.6) is 0 Å². The third-order valence-corrected chi connectivity index (χ3v) is 4.82. The number of aliphatic imine (C=N–C) groups is 1. The molecular formula is C22H40IN5O. The summed E-state index contributed by atoms with van der Waals surface area (Å²) in [6.45, 7) is 14.4. The van der Waals surface area contributed by atoms with Crippen molar-refractivity contribution in [3.05, 3.63) is 29.8 Å². The van der Waals surface area contributed by atoms with E-state index >= 15 is 0 Å². The second kappa shape index (κ2) is 15.5. The zero-order chi connectivity index (χ0) is 20.9. The number of nitrogens with zero attached hydrogens (tertiary/aromatic N) is 2. The standard InChI is InChI=1S/C22H39N5O.HI/c1-7-27(8-2)15-9-10-18(5)25-22(23-6)24-16-19-11-13-20(14-12-19)26-21(28)17(3)4;/h11-14,17-18H,7-10,15-16H2,1-6H3,(H,26,28)(H2,23,24,25);1H. The molecule has 6 nitrogen and oxygen atoms in total. The number of guanidine groups is 1. The van der Waals surface area contributed by atoms with Crippen LogP contribution >= 0.6 is 24.0 Å². The molecule has 0 spiro atoms. The molecule has 0 heterocycles. The molecule has 1 amide bonds. The van der Waals surface area contributed by atoms with Crippen molar-refractivity contribution in [1.82, 2.24) is 15.5 Å². The molecular weight excluding hydrogens is 477 g/mol. The first-order valence-electron chi connectivity index (χ1n) is 10.5. The SMILES string of the molecule is CCN(CC)CCCC(C)NC(=NC)NCc1ccc(NC(=O)C(C)C)cc1.I. The number of halogens is 1. The minimum absolute atomic E-state index is 0. The maximum Gasteiger partial charge on any atom is 0.226 e. The van der Waals surface area contributed by atoms with Gasteiger partial charge in [0.15, 0.2) is 5.96 Å². The van der Waals surface area contributed by atoms with Crippen LogP contribution in [0.4, 0.5) is 5.69 Å². The lowest BCUT2D eigenvalue weighted by molar-refractivity contribution is -0.118. The van der Waals surface area contributed by atoms with Gasteiger partial charge in [-0.1, -0.05) is 39.8 Å². The fourth-order valence-corrected chi connectivity index (χ4v) is 2.84. The van der Waals surface area contributed by atoms with E-state index in [1.165, 1.54) is 6.42 Å². The smallest absolute Gasteiger partial charge is 0.226 e. The summed E-state index contributed by atoms with van der Waals surface area (Å²) < 4.78 is 0. The van der Waals surface area contributed by atoms with Crippen LogP contribution < -0.4 is 16.0 Å². The third kappa shape index (κ3) is 11.4. The summed E-state index contributed by atoms with van der Waals surface area (Å²) >= 11 is 0. The first kappa shape index (κ1) is 27.6. The zero-order valence-electron chi connectivity index (χ0n) is 18.9. The Bertz CT molecular complexity index is 600. The number of nitrogens with one attached hydrogen (secondary N) is 3. The molecule has 166 valence electrons. The molecule has 0 aliphatic rings. The van der Waals surface area contributed by atoms with Gasteiger partial charge in [-0.25, -0.2) is 0 Å². The van der Waals surface area contributed by atoms with Crippen LogP contribution in [0.1, 0.15) is 53.0 Å². The van der Waals surface area contributed by atoms with Crippen LogP contribution in [0, 0.1) is 5.92 Å². The topological polar surface area (TPSA) is 68.8 Å². The van der Waals surface area contributed by atoms with Gasteiger partial charge in [0.25, 0.3) is 0 Å². The fraction of sp³-hybridized carbons (Fsp3) is 0.636. The summed E-state index contributed by atoms with van der Waals surface area (Å²) in [7, 11) is 1.79. The van der Waals surface area contributed by atoms with E-state index in [2.05, 4.69) is 46.6 Å². The molecule has 1 unspecified atom stereocenters. The van der Waals surface area contributed by atoms with Crippen LogP contribution in [-0.4, -0.2) is 49.5 Å². The van der Waals surface area contributed by atoms with Gasteiger partial charge in [-0.3, -0.25) is 9.79 Å². The number of rotatable bonds is 11. The lowest BCUT2D eigenvalue weighted by Gasteiger charge is -2.21. The largest absolute Gasteiger partial charge is 0.354 e. The predicted molar refractivity (Wildman–Crippen MR) is 135 cm³/mol. The minimum Gasteiger partial charge on any atom is -0.354 e. The third-order valence-electron chi connectivity index (χ3n) is 4.82. The molecule has 1 atom stereocenters. The Balaban J connectivity index is 0.00000784. The molecule has 0 radical (unpaired) electrons. The van der Waals surface area contributed by atoms with Crippen molar-refractivity contribution < 1.29 is 4.79 Å². The molecule has 29 heavy (non-hydrogen) atoms. The summed E-state index contributed by atoms with van der Waals surface area (Å²) in [5.74, 6) is 0.822. The average molecular weight is 518 g/mol. The molecule has 0 saturated carbocycles. The monoisotopic (exact) mass is 517 g/mol. The van der Waals surface area contributed by atoms with E-state index in [1.54, 1.807) is 7.05 Å². The highest BCUT2D eigenvalue weighted by Gasteiger charge is 2.08. The number of amides is 1. The maximum atomic E-state index is 11.8. The quantitative estimate of drug-likeness (QED) is 0.235. The second-order valence-corrected chi connectivity index (χ2v) is 7.48. The molecule has 0 aliphatic carbocycles. The molecule has 3 N–H and O–H groups in total. The minimum atomic E-state index is -0.0234. The average Bonchev–Trinajstić information content (AvgIpc) is 2.69. The van der Waals surface area contributed by atoms with Crippen molar-refractivity contribution in [2.24, 2.45) is 10.9 Å². The van der Waals surface area contributed by atoms with Gasteiger partial charge in [-0.05, 0) is 57.1 Å². The van der Waals surface area contributed by atoms with E-state index in [0.29, 0.717) is 12.6 Å². The molecule has 1 aromatic carbocycles. The highest BCUT2D eigenvalue weighted by molar-refractivity contribution is 14.0. The van der Waals surface area contributed by atoms with E-state index in [0.717, 1.165) is 43.3 Å². The lowest BCUT2D eigenvalue weighted by Crippen LogP contribution is -2.42. The number of anilines is 1. The van der Waals surface area contributed by atoms with Gasteiger partial charge in [0.05, 0.1) is 0 Å². The highest BCUT2D eigenvalue weighted by atomic mass is 127. The summed E-state index contributed by atoms with van der Waals surface area (Å²) in [6, 6.07) is 8.27. The Kier molecular flexibility index (Phi) is 14.8. The molecule has 0 bridgehead atoms. The Labute approximate surface area is 194 Å². The van der Waals surface area contributed by atoms with Gasteiger partial charge in [0, 0.05) is 31.2 Å². The molecule has 0 saturated heterocycles. The summed E-state index contributed by atoms with van der Waals surface area (Å²) in [5.41, 5.74) is 1.96. The Morgan fingerprint density at radius 1 is 1.10 bits per heavy atom. The van der Waals surface area contributed by atoms with Crippen molar-refractivity contribution in [2.45, 2.75) is 60.0 Å². The van der Waals surface area contributed by atoms with Crippen molar-refractivity contribution in [1.29, 1.82) is 0 Å². The molecule has 1 aromatic rings. The first-order valence-corrected chi connectivity index (χ1v) is 10.5. The number of hydrogen-bond acceptors (Lipinski definition) is 3. The molecule has 0 aliphatic heterocycles. The predicted octanol–water partition coefficient (Wildman–Crippen LogP) is 4.07. The summed E-state index contributed by atoms with van der Waals surface area (Å²) in [6.07, 6.45) is 2.29. The van der Waals surface area contributed by atoms with Gasteiger partial charge in [-0.15, -0.1) is 24.0 Å². The van der Waals surface area contributed by atoms with E-state index in [-0.39, 0.29) is 35.8 Å². The lowest BCUT2D eigenvalue weighted by atomic mass is 10.1. The fourth-order valence-electron chi connectivity index (χ4n) is 2.84. The van der Waals surface area contributed by atoms with Gasteiger partial charge in [0.2, 0.25) is 5.91 Å². The zero-order valence-corrected chi connectivity index (χ0v) is 21.2. The number of carbonyl (C=O) groups is 1. The molecule has 0 aromatic heterocycles. The van der Waals surface area contributed by atoms with E-state index in [4.69, 9.17) is 0 Å². The normalized spacial score (nSPS) is 12.5. The van der Waals surface area contributed by atoms with Crippen molar-refractivity contribution in [2.75, 3.05) is 32.0 Å².